The topological polar surface area (TPSA) is 150 Å². The molecule has 2 aromatic rings. The van der Waals surface area contributed by atoms with Gasteiger partial charge in [-0.2, -0.15) is 5.26 Å². The molecule has 3 N–H and O–H groups in total. The van der Waals surface area contributed by atoms with E-state index in [0.717, 1.165) is 5.56 Å². The first-order chi connectivity index (χ1) is 17.4. The number of carbonyl (C=O) groups is 4. The van der Waals surface area contributed by atoms with Gasteiger partial charge in [0.1, 0.15) is 18.7 Å². The number of hydrogen-bond donors (Lipinski definition) is 3. The summed E-state index contributed by atoms with van der Waals surface area (Å²) in [6.07, 6.45) is -0.458. The van der Waals surface area contributed by atoms with Gasteiger partial charge >= 0.3 is 18.1 Å². The molecule has 1 saturated heterocycles. The van der Waals surface area contributed by atoms with Crippen molar-refractivity contribution in [3.8, 4) is 6.07 Å². The smallest absolute Gasteiger partial charge is 0.408 e. The quantitative estimate of drug-likeness (QED) is 0.451. The van der Waals surface area contributed by atoms with Crippen LogP contribution in [0.4, 0.5) is 15.3 Å². The number of nitriles is 1. The van der Waals surface area contributed by atoms with Crippen LogP contribution >= 0.6 is 0 Å². The number of carbonyl (C=O) groups excluding carboxylic acids is 4. The lowest BCUT2D eigenvalue weighted by Crippen LogP contribution is -2.53. The predicted octanol–water partition coefficient (Wildman–Crippen LogP) is 1.82. The Hall–Kier alpha value is -4.59. The van der Waals surface area contributed by atoms with Gasteiger partial charge in [-0.05, 0) is 43.2 Å². The largest absolute Gasteiger partial charge is 0.464 e. The highest BCUT2D eigenvalue weighted by molar-refractivity contribution is 6.01. The number of amides is 4. The van der Waals surface area contributed by atoms with E-state index in [-0.39, 0.29) is 25.7 Å². The van der Waals surface area contributed by atoms with E-state index >= 15 is 0 Å². The van der Waals surface area contributed by atoms with Crippen LogP contribution in [0, 0.1) is 11.3 Å². The second-order valence-electron chi connectivity index (χ2n) is 7.85. The molecule has 0 saturated carbocycles. The van der Waals surface area contributed by atoms with Crippen molar-refractivity contribution in [2.75, 3.05) is 24.6 Å². The Kier molecular flexibility index (Phi) is 9.22. The van der Waals surface area contributed by atoms with Crippen molar-refractivity contribution < 1.29 is 28.7 Å². The van der Waals surface area contributed by atoms with Gasteiger partial charge in [0, 0.05) is 12.2 Å². The molecular weight excluding hydrogens is 466 g/mol. The molecule has 0 aliphatic carbocycles. The highest BCUT2D eigenvalue weighted by Crippen LogP contribution is 2.22. The van der Waals surface area contributed by atoms with Gasteiger partial charge < -0.3 is 30.3 Å². The molecule has 0 spiro atoms. The van der Waals surface area contributed by atoms with Crippen molar-refractivity contribution >= 4 is 29.7 Å². The molecule has 188 valence electrons. The van der Waals surface area contributed by atoms with Gasteiger partial charge in [0.05, 0.1) is 24.8 Å². The maximum absolute atomic E-state index is 12.7. The summed E-state index contributed by atoms with van der Waals surface area (Å²) in [4.78, 5) is 51.1. The summed E-state index contributed by atoms with van der Waals surface area (Å²) in [7, 11) is 0. The van der Waals surface area contributed by atoms with E-state index < -0.39 is 30.2 Å². The summed E-state index contributed by atoms with van der Waals surface area (Å²) in [5.41, 5.74) is 1.88. The fraction of sp³-hybridized carbons (Fsp3) is 0.320. The number of alkyl carbamates (subject to hydrolysis) is 1. The zero-order valence-corrected chi connectivity index (χ0v) is 19.7. The van der Waals surface area contributed by atoms with Crippen LogP contribution in [0.2, 0.25) is 0 Å². The normalized spacial score (nSPS) is 15.4. The minimum atomic E-state index is -1.19. The van der Waals surface area contributed by atoms with Crippen LogP contribution in [0.25, 0.3) is 0 Å². The van der Waals surface area contributed by atoms with Crippen LogP contribution < -0.4 is 20.9 Å². The average molecular weight is 494 g/mol. The van der Waals surface area contributed by atoms with Crippen molar-refractivity contribution in [1.29, 1.82) is 5.26 Å². The van der Waals surface area contributed by atoms with Gasteiger partial charge in [-0.15, -0.1) is 0 Å². The highest BCUT2D eigenvalue weighted by Gasteiger charge is 2.34. The monoisotopic (exact) mass is 493 g/mol. The van der Waals surface area contributed by atoms with Crippen LogP contribution in [0.15, 0.2) is 54.6 Å². The maximum Gasteiger partial charge on any atom is 0.408 e. The van der Waals surface area contributed by atoms with Crippen molar-refractivity contribution in [2.24, 2.45) is 0 Å². The lowest BCUT2D eigenvalue weighted by atomic mass is 10.2. The van der Waals surface area contributed by atoms with E-state index in [1.807, 2.05) is 12.1 Å². The first kappa shape index (κ1) is 26.0. The van der Waals surface area contributed by atoms with Crippen LogP contribution in [0.3, 0.4) is 0 Å². The molecule has 1 aliphatic rings. The third-order valence-corrected chi connectivity index (χ3v) is 5.36. The highest BCUT2D eigenvalue weighted by atomic mass is 16.6. The third-order valence-electron chi connectivity index (χ3n) is 5.36. The van der Waals surface area contributed by atoms with Gasteiger partial charge in [-0.1, -0.05) is 30.3 Å². The van der Waals surface area contributed by atoms with E-state index in [1.165, 1.54) is 4.90 Å². The van der Waals surface area contributed by atoms with E-state index in [1.54, 1.807) is 55.5 Å². The predicted molar refractivity (Wildman–Crippen MR) is 129 cm³/mol. The molecule has 4 amide bonds. The van der Waals surface area contributed by atoms with Crippen molar-refractivity contribution in [1.82, 2.24) is 16.0 Å². The Morgan fingerprint density at radius 1 is 1.11 bits per heavy atom. The molecule has 2 aromatic carbocycles. The van der Waals surface area contributed by atoms with Crippen molar-refractivity contribution in [3.63, 3.8) is 0 Å². The molecule has 0 bridgehead atoms. The molecular formula is C25H27N5O6. The van der Waals surface area contributed by atoms with Gasteiger partial charge in [0.2, 0.25) is 5.91 Å². The molecule has 3 rings (SSSR count). The summed E-state index contributed by atoms with van der Waals surface area (Å²) in [5.74, 6) is -1.03. The molecule has 0 aromatic heterocycles. The lowest BCUT2D eigenvalue weighted by Gasteiger charge is -2.19. The number of esters is 1. The second kappa shape index (κ2) is 12.8. The number of ether oxygens (including phenoxy) is 2. The summed E-state index contributed by atoms with van der Waals surface area (Å²) >= 11 is 0. The number of rotatable bonds is 9. The average Bonchev–Trinajstić information content (AvgIpc) is 3.25. The SMILES string of the molecule is CCOC(=O)[C@H](CNC(=O)NC1CCN(c2ccc(C#N)cc2)C1=O)NC(=O)OCc1ccccc1. The number of benzene rings is 2. The van der Waals surface area contributed by atoms with Crippen LogP contribution in [0.1, 0.15) is 24.5 Å². The second-order valence-corrected chi connectivity index (χ2v) is 7.85. The summed E-state index contributed by atoms with van der Waals surface area (Å²) in [5, 5.41) is 16.4. The van der Waals surface area contributed by atoms with Crippen LogP contribution in [0.5, 0.6) is 0 Å². The molecule has 1 unspecified atom stereocenters. The Labute approximate surface area is 208 Å². The molecule has 36 heavy (non-hydrogen) atoms. The number of hydrogen-bond acceptors (Lipinski definition) is 7. The minimum Gasteiger partial charge on any atom is -0.464 e. The Morgan fingerprint density at radius 2 is 1.83 bits per heavy atom. The van der Waals surface area contributed by atoms with Crippen LogP contribution in [-0.2, 0) is 25.7 Å². The molecule has 11 heteroatoms. The summed E-state index contributed by atoms with van der Waals surface area (Å²) in [6, 6.07) is 15.0. The van der Waals surface area contributed by atoms with E-state index in [9.17, 15) is 19.2 Å². The van der Waals surface area contributed by atoms with Crippen molar-refractivity contribution in [2.45, 2.75) is 32.0 Å². The minimum absolute atomic E-state index is 0.00959. The maximum atomic E-state index is 12.7. The lowest BCUT2D eigenvalue weighted by molar-refractivity contribution is -0.145. The fourth-order valence-corrected chi connectivity index (χ4v) is 3.53. The van der Waals surface area contributed by atoms with E-state index in [2.05, 4.69) is 16.0 Å². The Balaban J connectivity index is 1.50. The Bertz CT molecular complexity index is 1120. The zero-order valence-electron chi connectivity index (χ0n) is 19.7. The standard InChI is InChI=1S/C25H27N5O6/c1-2-35-23(32)21(29-25(34)36-16-18-6-4-3-5-7-18)15-27-24(33)28-20-12-13-30(22(20)31)19-10-8-17(14-26)9-11-19/h3-11,20-21H,2,12-13,15-16H2,1H3,(H,29,34)(H2,27,28,33)/t20?,21-/m0/s1. The van der Waals surface area contributed by atoms with Gasteiger partial charge in [0.15, 0.2) is 0 Å². The molecule has 1 aliphatic heterocycles. The van der Waals surface area contributed by atoms with Crippen molar-refractivity contribution in [3.05, 3.63) is 65.7 Å². The van der Waals surface area contributed by atoms with Gasteiger partial charge in [0.25, 0.3) is 0 Å². The molecule has 1 heterocycles. The van der Waals surface area contributed by atoms with Gasteiger partial charge in [-0.3, -0.25) is 4.79 Å². The summed E-state index contributed by atoms with van der Waals surface area (Å²) in [6.45, 7) is 1.84. The van der Waals surface area contributed by atoms with E-state index in [0.29, 0.717) is 24.2 Å². The number of anilines is 1. The van der Waals surface area contributed by atoms with Gasteiger partial charge in [-0.25, -0.2) is 14.4 Å². The molecule has 2 atom stereocenters. The number of urea groups is 1. The van der Waals surface area contributed by atoms with Crippen LogP contribution in [-0.4, -0.2) is 55.8 Å². The third kappa shape index (κ3) is 7.20. The number of nitrogens with zero attached hydrogens (tertiary/aromatic N) is 2. The first-order valence-electron chi connectivity index (χ1n) is 11.4. The first-order valence-corrected chi connectivity index (χ1v) is 11.4. The van der Waals surface area contributed by atoms with E-state index in [4.69, 9.17) is 14.7 Å². The fourth-order valence-electron chi connectivity index (χ4n) is 3.53. The molecule has 11 nitrogen and oxygen atoms in total. The molecule has 1 fully saturated rings. The molecule has 0 radical (unpaired) electrons. The Morgan fingerprint density at radius 3 is 2.50 bits per heavy atom. The zero-order chi connectivity index (χ0) is 25.9. The summed E-state index contributed by atoms with van der Waals surface area (Å²) < 4.78 is 10.1. The number of nitrogens with one attached hydrogen (secondary N) is 3.